The summed E-state index contributed by atoms with van der Waals surface area (Å²) in [5.41, 5.74) is 0.314. The summed E-state index contributed by atoms with van der Waals surface area (Å²) in [6, 6.07) is 3.00. The van der Waals surface area contributed by atoms with Crippen molar-refractivity contribution in [2.75, 3.05) is 14.2 Å². The van der Waals surface area contributed by atoms with Crippen LogP contribution in [0.15, 0.2) is 21.1 Å². The van der Waals surface area contributed by atoms with Gasteiger partial charge in [0.15, 0.2) is 0 Å². The fraction of sp³-hybridized carbons (Fsp3) is 0.200. The number of hydrogen-bond donors (Lipinski definition) is 0. The topological polar surface area (TPSA) is 52.6 Å². The highest BCUT2D eigenvalue weighted by atomic mass is 79.9. The first-order chi connectivity index (χ1) is 7.51. The number of halogens is 2. The molecular formula is C10H8Br2O4. The summed E-state index contributed by atoms with van der Waals surface area (Å²) in [6.07, 6.45) is 0. The Kier molecular flexibility index (Phi) is 4.49. The van der Waals surface area contributed by atoms with Crippen molar-refractivity contribution < 1.29 is 19.1 Å². The van der Waals surface area contributed by atoms with E-state index in [1.165, 1.54) is 26.4 Å². The monoisotopic (exact) mass is 350 g/mol. The van der Waals surface area contributed by atoms with E-state index < -0.39 is 11.9 Å². The molecule has 6 heteroatoms. The number of carbonyl (C=O) groups excluding carboxylic acids is 2. The van der Waals surface area contributed by atoms with Crippen LogP contribution in [-0.2, 0) is 9.47 Å². The van der Waals surface area contributed by atoms with E-state index in [1.807, 2.05) is 0 Å². The van der Waals surface area contributed by atoms with Crippen molar-refractivity contribution in [3.63, 3.8) is 0 Å². The van der Waals surface area contributed by atoms with E-state index >= 15 is 0 Å². The third kappa shape index (κ3) is 2.62. The van der Waals surface area contributed by atoms with Crippen molar-refractivity contribution in [1.82, 2.24) is 0 Å². The standard InChI is InChI=1S/C10H8Br2O4/c1-15-9(13)5-3-7(11)8(12)4-6(5)10(14)16-2/h3-4H,1-2H3. The van der Waals surface area contributed by atoms with Gasteiger partial charge < -0.3 is 9.47 Å². The minimum absolute atomic E-state index is 0.157. The highest BCUT2D eigenvalue weighted by Gasteiger charge is 2.20. The van der Waals surface area contributed by atoms with Crippen LogP contribution in [0.5, 0.6) is 0 Å². The number of carbonyl (C=O) groups is 2. The van der Waals surface area contributed by atoms with Crippen LogP contribution in [-0.4, -0.2) is 26.2 Å². The number of hydrogen-bond acceptors (Lipinski definition) is 4. The second-order valence-electron chi connectivity index (χ2n) is 2.80. The van der Waals surface area contributed by atoms with Gasteiger partial charge in [0.2, 0.25) is 0 Å². The van der Waals surface area contributed by atoms with Crippen LogP contribution in [0.3, 0.4) is 0 Å². The lowest BCUT2D eigenvalue weighted by Gasteiger charge is -2.08. The zero-order valence-electron chi connectivity index (χ0n) is 8.54. The predicted octanol–water partition coefficient (Wildman–Crippen LogP) is 2.78. The van der Waals surface area contributed by atoms with Crippen LogP contribution in [0.4, 0.5) is 0 Å². The third-order valence-corrected chi connectivity index (χ3v) is 3.72. The van der Waals surface area contributed by atoms with Gasteiger partial charge in [-0.2, -0.15) is 0 Å². The van der Waals surface area contributed by atoms with Gasteiger partial charge in [-0.05, 0) is 44.0 Å². The van der Waals surface area contributed by atoms with Gasteiger partial charge in [0.25, 0.3) is 0 Å². The second-order valence-corrected chi connectivity index (χ2v) is 4.50. The highest BCUT2D eigenvalue weighted by Crippen LogP contribution is 2.27. The molecule has 1 aromatic rings. The summed E-state index contributed by atoms with van der Waals surface area (Å²) in [6.45, 7) is 0. The zero-order chi connectivity index (χ0) is 12.3. The lowest BCUT2D eigenvalue weighted by molar-refractivity contribution is 0.0555. The van der Waals surface area contributed by atoms with Gasteiger partial charge in [0.1, 0.15) is 0 Å². The summed E-state index contributed by atoms with van der Waals surface area (Å²) in [4.78, 5) is 22.9. The molecule has 0 N–H and O–H groups in total. The van der Waals surface area contributed by atoms with E-state index in [0.29, 0.717) is 8.95 Å². The Morgan fingerprint density at radius 2 is 1.25 bits per heavy atom. The number of esters is 2. The average Bonchev–Trinajstić information content (AvgIpc) is 2.30. The Bertz CT molecular complexity index is 402. The first kappa shape index (κ1) is 13.2. The summed E-state index contributed by atoms with van der Waals surface area (Å²) in [5.74, 6) is -1.18. The molecule has 0 radical (unpaired) electrons. The number of methoxy groups -OCH3 is 2. The minimum atomic E-state index is -0.589. The normalized spacial score (nSPS) is 9.75. The van der Waals surface area contributed by atoms with Crippen molar-refractivity contribution >= 4 is 43.8 Å². The van der Waals surface area contributed by atoms with Crippen molar-refractivity contribution in [3.8, 4) is 0 Å². The number of ether oxygens (including phenoxy) is 2. The highest BCUT2D eigenvalue weighted by molar-refractivity contribution is 9.13. The number of rotatable bonds is 2. The molecule has 86 valence electrons. The van der Waals surface area contributed by atoms with Gasteiger partial charge in [-0.25, -0.2) is 9.59 Å². The Morgan fingerprint density at radius 1 is 0.938 bits per heavy atom. The Balaban J connectivity index is 3.38. The molecule has 0 heterocycles. The predicted molar refractivity (Wildman–Crippen MR) is 64.5 cm³/mol. The van der Waals surface area contributed by atoms with E-state index in [1.54, 1.807) is 0 Å². The molecule has 0 saturated heterocycles. The Labute approximate surface area is 109 Å². The fourth-order valence-corrected chi connectivity index (χ4v) is 1.79. The Morgan fingerprint density at radius 3 is 1.50 bits per heavy atom. The van der Waals surface area contributed by atoms with E-state index in [2.05, 4.69) is 41.3 Å². The quantitative estimate of drug-likeness (QED) is 0.769. The van der Waals surface area contributed by atoms with E-state index in [4.69, 9.17) is 0 Å². The molecule has 0 atom stereocenters. The molecule has 0 bridgehead atoms. The van der Waals surface area contributed by atoms with Crippen LogP contribution >= 0.6 is 31.9 Å². The second kappa shape index (κ2) is 5.45. The number of benzene rings is 1. The van der Waals surface area contributed by atoms with Gasteiger partial charge in [-0.1, -0.05) is 0 Å². The first-order valence-corrected chi connectivity index (χ1v) is 5.75. The van der Waals surface area contributed by atoms with Gasteiger partial charge in [-0.3, -0.25) is 0 Å². The molecular weight excluding hydrogens is 344 g/mol. The molecule has 0 unspecified atom stereocenters. The molecule has 0 spiro atoms. The Hall–Kier alpha value is -0.880. The average molecular weight is 352 g/mol. The maximum absolute atomic E-state index is 11.5. The minimum Gasteiger partial charge on any atom is -0.465 e. The van der Waals surface area contributed by atoms with E-state index in [0.717, 1.165) is 0 Å². The summed E-state index contributed by atoms with van der Waals surface area (Å²) < 4.78 is 10.5. The van der Waals surface area contributed by atoms with Crippen LogP contribution in [0.1, 0.15) is 20.7 Å². The van der Waals surface area contributed by atoms with Crippen molar-refractivity contribution in [1.29, 1.82) is 0 Å². The molecule has 0 aliphatic heterocycles. The maximum Gasteiger partial charge on any atom is 0.338 e. The zero-order valence-corrected chi connectivity index (χ0v) is 11.7. The molecule has 1 rings (SSSR count). The SMILES string of the molecule is COC(=O)c1cc(Br)c(Br)cc1C(=O)OC. The third-order valence-electron chi connectivity index (χ3n) is 1.87. The van der Waals surface area contributed by atoms with Gasteiger partial charge in [0.05, 0.1) is 25.3 Å². The molecule has 4 nitrogen and oxygen atoms in total. The molecule has 0 aliphatic rings. The van der Waals surface area contributed by atoms with Crippen LogP contribution in [0.2, 0.25) is 0 Å². The molecule has 0 aliphatic carbocycles. The van der Waals surface area contributed by atoms with E-state index in [-0.39, 0.29) is 11.1 Å². The van der Waals surface area contributed by atoms with Crippen molar-refractivity contribution in [2.24, 2.45) is 0 Å². The first-order valence-electron chi connectivity index (χ1n) is 4.17. The summed E-state index contributed by atoms with van der Waals surface area (Å²) >= 11 is 6.48. The maximum atomic E-state index is 11.5. The van der Waals surface area contributed by atoms with Gasteiger partial charge >= 0.3 is 11.9 Å². The van der Waals surface area contributed by atoms with E-state index in [9.17, 15) is 9.59 Å². The van der Waals surface area contributed by atoms with Gasteiger partial charge in [0, 0.05) is 8.95 Å². The van der Waals surface area contributed by atoms with Crippen LogP contribution in [0, 0.1) is 0 Å². The lowest BCUT2D eigenvalue weighted by atomic mass is 10.1. The largest absolute Gasteiger partial charge is 0.465 e. The molecule has 0 aromatic heterocycles. The lowest BCUT2D eigenvalue weighted by Crippen LogP contribution is -2.12. The molecule has 0 saturated carbocycles. The summed E-state index contributed by atoms with van der Waals surface area (Å²) in [5, 5.41) is 0. The molecule has 1 aromatic carbocycles. The van der Waals surface area contributed by atoms with Crippen molar-refractivity contribution in [2.45, 2.75) is 0 Å². The van der Waals surface area contributed by atoms with Crippen LogP contribution < -0.4 is 0 Å². The smallest absolute Gasteiger partial charge is 0.338 e. The molecule has 0 fully saturated rings. The van der Waals surface area contributed by atoms with Crippen molar-refractivity contribution in [3.05, 3.63) is 32.2 Å². The molecule has 0 amide bonds. The molecule has 16 heavy (non-hydrogen) atoms. The van der Waals surface area contributed by atoms with Gasteiger partial charge in [-0.15, -0.1) is 0 Å². The fourth-order valence-electron chi connectivity index (χ4n) is 1.10. The summed E-state index contributed by atoms with van der Waals surface area (Å²) in [7, 11) is 2.50. The van der Waals surface area contributed by atoms with Crippen LogP contribution in [0.25, 0.3) is 0 Å².